The molecule has 0 aliphatic carbocycles. The van der Waals surface area contributed by atoms with Gasteiger partial charge in [0.25, 0.3) is 5.91 Å². The van der Waals surface area contributed by atoms with Crippen molar-refractivity contribution in [2.24, 2.45) is 5.92 Å². The predicted molar refractivity (Wildman–Crippen MR) is 59.0 cm³/mol. The number of amides is 1. The van der Waals surface area contributed by atoms with Crippen molar-refractivity contribution in [2.45, 2.75) is 38.9 Å². The predicted octanol–water partition coefficient (Wildman–Crippen LogP) is 0.342. The van der Waals surface area contributed by atoms with Gasteiger partial charge in [-0.3, -0.25) is 14.4 Å². The molecule has 2 aliphatic heterocycles. The summed E-state index contributed by atoms with van der Waals surface area (Å²) in [6, 6.07) is 0. The molecule has 2 rings (SSSR count). The molecule has 5 heteroatoms. The van der Waals surface area contributed by atoms with E-state index < -0.39 is 23.4 Å². The van der Waals surface area contributed by atoms with E-state index in [0.29, 0.717) is 12.1 Å². The van der Waals surface area contributed by atoms with E-state index >= 15 is 0 Å². The van der Waals surface area contributed by atoms with Crippen molar-refractivity contribution in [1.29, 1.82) is 0 Å². The van der Waals surface area contributed by atoms with E-state index in [9.17, 15) is 14.4 Å². The molecule has 0 unspecified atom stereocenters. The van der Waals surface area contributed by atoms with Crippen LogP contribution in [0.15, 0.2) is 11.8 Å². The number of allylic oxidation sites excluding steroid dienone is 1. The third-order valence-electron chi connectivity index (χ3n) is 3.33. The van der Waals surface area contributed by atoms with Crippen LogP contribution in [0.1, 0.15) is 27.2 Å². The van der Waals surface area contributed by atoms with Crippen LogP contribution in [0.25, 0.3) is 0 Å². The number of nitrogens with one attached hydrogen (secondary N) is 1. The van der Waals surface area contributed by atoms with Crippen molar-refractivity contribution >= 4 is 17.5 Å². The first-order valence-corrected chi connectivity index (χ1v) is 5.69. The third kappa shape index (κ3) is 1.61. The first-order valence-electron chi connectivity index (χ1n) is 5.69. The van der Waals surface area contributed by atoms with Crippen LogP contribution in [-0.4, -0.2) is 29.2 Å². The summed E-state index contributed by atoms with van der Waals surface area (Å²) in [5, 5.41) is 2.53. The van der Waals surface area contributed by atoms with Crippen molar-refractivity contribution in [1.82, 2.24) is 5.32 Å². The van der Waals surface area contributed by atoms with Crippen LogP contribution in [0.5, 0.6) is 0 Å². The quantitative estimate of drug-likeness (QED) is 0.567. The molecular formula is C12H15NO4. The molecule has 0 saturated carbocycles. The fourth-order valence-electron chi connectivity index (χ4n) is 1.95. The van der Waals surface area contributed by atoms with Crippen molar-refractivity contribution in [3.63, 3.8) is 0 Å². The minimum absolute atomic E-state index is 0.177. The number of Topliss-reactive ketones (excluding diaryl/α,β-unsaturated/α-hetero) is 1. The van der Waals surface area contributed by atoms with E-state index in [1.54, 1.807) is 13.8 Å². The highest BCUT2D eigenvalue weighted by atomic mass is 16.6. The molecule has 2 heterocycles. The Morgan fingerprint density at radius 1 is 1.59 bits per heavy atom. The van der Waals surface area contributed by atoms with Gasteiger partial charge in [-0.05, 0) is 13.3 Å². The second-order valence-electron chi connectivity index (χ2n) is 4.59. The first-order chi connectivity index (χ1) is 7.93. The molecule has 0 aromatic heterocycles. The van der Waals surface area contributed by atoms with Crippen LogP contribution in [0, 0.1) is 5.92 Å². The van der Waals surface area contributed by atoms with Gasteiger partial charge in [-0.2, -0.15) is 0 Å². The molecule has 1 N–H and O–H groups in total. The number of carbonyl (C=O) groups is 3. The molecule has 92 valence electrons. The Morgan fingerprint density at radius 3 is 2.76 bits per heavy atom. The Bertz CT molecular complexity index is 440. The van der Waals surface area contributed by atoms with Crippen LogP contribution >= 0.6 is 0 Å². The number of epoxide rings is 1. The fourth-order valence-corrected chi connectivity index (χ4v) is 1.95. The summed E-state index contributed by atoms with van der Waals surface area (Å²) < 4.78 is 5.15. The Morgan fingerprint density at radius 2 is 2.24 bits per heavy atom. The molecule has 2 aliphatic rings. The van der Waals surface area contributed by atoms with Gasteiger partial charge in [-0.15, -0.1) is 0 Å². The number of carbonyl (C=O) groups excluding carboxylic acids is 3. The lowest BCUT2D eigenvalue weighted by Crippen LogP contribution is -2.49. The maximum Gasteiger partial charge on any atom is 0.267 e. The second-order valence-corrected chi connectivity index (χ2v) is 4.59. The monoisotopic (exact) mass is 237 g/mol. The zero-order valence-electron chi connectivity index (χ0n) is 10.1. The maximum atomic E-state index is 11.9. The molecule has 17 heavy (non-hydrogen) atoms. The second kappa shape index (κ2) is 3.77. The number of ketones is 2. The Kier molecular flexibility index (Phi) is 2.66. The molecule has 0 aromatic rings. The summed E-state index contributed by atoms with van der Waals surface area (Å²) in [6.07, 6.45) is 1.07. The van der Waals surface area contributed by atoms with Gasteiger partial charge in [0.05, 0.1) is 0 Å². The number of hydrogen-bond donors (Lipinski definition) is 1. The lowest BCUT2D eigenvalue weighted by Gasteiger charge is -2.16. The molecule has 1 amide bonds. The standard InChI is InChI=1S/C12H15NO4/c1-4-6(2)9(15)10-12(17-10)8(14)5-7(3)13-11(12)16/h5-6,10H,4H2,1-3H3,(H,13,16)/t6-,10+,12+/m0/s1. The maximum absolute atomic E-state index is 11.9. The molecule has 0 aromatic carbocycles. The van der Waals surface area contributed by atoms with Gasteiger partial charge in [0.15, 0.2) is 11.9 Å². The van der Waals surface area contributed by atoms with Gasteiger partial charge in [0.2, 0.25) is 11.4 Å². The smallest absolute Gasteiger partial charge is 0.267 e. The first kappa shape index (κ1) is 12.0. The number of ether oxygens (including phenoxy) is 1. The molecule has 0 bridgehead atoms. The highest BCUT2D eigenvalue weighted by Gasteiger charge is 2.71. The van der Waals surface area contributed by atoms with E-state index in [0.717, 1.165) is 0 Å². The highest BCUT2D eigenvalue weighted by molar-refractivity contribution is 6.23. The lowest BCUT2D eigenvalue weighted by atomic mass is 9.88. The van der Waals surface area contributed by atoms with E-state index in [-0.39, 0.29) is 11.7 Å². The summed E-state index contributed by atoms with van der Waals surface area (Å²) in [5.74, 6) is -1.33. The summed E-state index contributed by atoms with van der Waals surface area (Å²) in [6.45, 7) is 5.27. The van der Waals surface area contributed by atoms with Crippen molar-refractivity contribution in [2.75, 3.05) is 0 Å². The Labute approximate surface area is 99.2 Å². The van der Waals surface area contributed by atoms with Crippen LogP contribution in [0.3, 0.4) is 0 Å². The van der Waals surface area contributed by atoms with E-state index in [1.807, 2.05) is 6.92 Å². The van der Waals surface area contributed by atoms with Gasteiger partial charge >= 0.3 is 0 Å². The number of hydrogen-bond acceptors (Lipinski definition) is 4. The lowest BCUT2D eigenvalue weighted by molar-refractivity contribution is -0.134. The van der Waals surface area contributed by atoms with Crippen LogP contribution in [0.2, 0.25) is 0 Å². The molecule has 0 radical (unpaired) electrons. The Hall–Kier alpha value is -1.49. The zero-order chi connectivity index (χ0) is 12.8. The van der Waals surface area contributed by atoms with Gasteiger partial charge in [0.1, 0.15) is 0 Å². The van der Waals surface area contributed by atoms with Crippen molar-refractivity contribution < 1.29 is 19.1 Å². The Balaban J connectivity index is 2.22. The molecule has 3 atom stereocenters. The third-order valence-corrected chi connectivity index (χ3v) is 3.33. The summed E-state index contributed by atoms with van der Waals surface area (Å²) in [7, 11) is 0. The van der Waals surface area contributed by atoms with E-state index in [2.05, 4.69) is 5.32 Å². The average molecular weight is 237 g/mol. The van der Waals surface area contributed by atoms with E-state index in [1.165, 1.54) is 6.08 Å². The molecule has 1 spiro atoms. The molecule has 1 fully saturated rings. The van der Waals surface area contributed by atoms with Gasteiger partial charge in [0, 0.05) is 17.7 Å². The van der Waals surface area contributed by atoms with E-state index in [4.69, 9.17) is 4.74 Å². The molecule has 5 nitrogen and oxygen atoms in total. The zero-order valence-corrected chi connectivity index (χ0v) is 10.1. The van der Waals surface area contributed by atoms with Crippen LogP contribution < -0.4 is 5.32 Å². The van der Waals surface area contributed by atoms with Crippen LogP contribution in [0.4, 0.5) is 0 Å². The average Bonchev–Trinajstić information content (AvgIpc) is 3.01. The SMILES string of the molecule is CC[C@H](C)C(=O)[C@H]1O[C@]12C(=O)C=C(C)NC2=O. The van der Waals surface area contributed by atoms with Crippen molar-refractivity contribution in [3.05, 3.63) is 11.8 Å². The fraction of sp³-hybridized carbons (Fsp3) is 0.583. The topological polar surface area (TPSA) is 75.8 Å². The van der Waals surface area contributed by atoms with Gasteiger partial charge in [-0.1, -0.05) is 13.8 Å². The minimum atomic E-state index is -1.57. The largest absolute Gasteiger partial charge is 0.339 e. The molecular weight excluding hydrogens is 222 g/mol. The highest BCUT2D eigenvalue weighted by Crippen LogP contribution is 2.42. The molecule has 1 saturated heterocycles. The normalized spacial score (nSPS) is 33.1. The summed E-state index contributed by atoms with van der Waals surface area (Å²) in [5.41, 5.74) is -1.09. The summed E-state index contributed by atoms with van der Waals surface area (Å²) >= 11 is 0. The van der Waals surface area contributed by atoms with Gasteiger partial charge < -0.3 is 10.1 Å². The minimum Gasteiger partial charge on any atom is -0.339 e. The van der Waals surface area contributed by atoms with Gasteiger partial charge in [-0.25, -0.2) is 0 Å². The van der Waals surface area contributed by atoms with Crippen molar-refractivity contribution in [3.8, 4) is 0 Å². The number of rotatable bonds is 3. The summed E-state index contributed by atoms with van der Waals surface area (Å²) in [4.78, 5) is 35.5. The van der Waals surface area contributed by atoms with Crippen LogP contribution in [-0.2, 0) is 19.1 Å².